The number of hydrogen-bond acceptors (Lipinski definition) is 6. The number of nitrogens with zero attached hydrogens (tertiary/aromatic N) is 1. The summed E-state index contributed by atoms with van der Waals surface area (Å²) in [6.45, 7) is 5.70. The van der Waals surface area contributed by atoms with Crippen LogP contribution in [0.2, 0.25) is 6.32 Å². The van der Waals surface area contributed by atoms with Gasteiger partial charge in [0.1, 0.15) is 0 Å². The molecule has 7 nitrogen and oxygen atoms in total. The van der Waals surface area contributed by atoms with Crippen molar-refractivity contribution in [3.8, 4) is 11.5 Å². The van der Waals surface area contributed by atoms with E-state index in [1.165, 1.54) is 7.11 Å². The molecular formula is C33H33BF6INO6. The highest BCUT2D eigenvalue weighted by Crippen LogP contribution is 2.53. The van der Waals surface area contributed by atoms with Crippen LogP contribution in [0.5, 0.6) is 11.5 Å². The summed E-state index contributed by atoms with van der Waals surface area (Å²) in [6.07, 6.45) is -8.16. The number of allylic oxidation sites excluding steroid dienone is 2. The first-order valence-corrected chi connectivity index (χ1v) is 16.4. The van der Waals surface area contributed by atoms with Gasteiger partial charge in [-0.1, -0.05) is 31.1 Å². The number of imide groups is 1. The second-order valence-corrected chi connectivity index (χ2v) is 13.9. The summed E-state index contributed by atoms with van der Waals surface area (Å²) < 4.78 is 93.8. The number of halogens is 7. The van der Waals surface area contributed by atoms with Crippen LogP contribution in [-0.4, -0.2) is 42.3 Å². The number of phenolic OH excluding ortho intramolecular Hbond substituents is 1. The Labute approximate surface area is 287 Å². The maximum atomic E-state index is 14.0. The number of aromatic hydroxyl groups is 1. The predicted octanol–water partition coefficient (Wildman–Crippen LogP) is 7.88. The smallest absolute Gasteiger partial charge is 0.455 e. The van der Waals surface area contributed by atoms with Gasteiger partial charge in [0, 0.05) is 0 Å². The molecule has 3 aliphatic rings. The highest BCUT2D eigenvalue weighted by molar-refractivity contribution is 14.1. The Morgan fingerprint density at radius 3 is 2.25 bits per heavy atom. The van der Waals surface area contributed by atoms with Crippen LogP contribution in [0.3, 0.4) is 0 Å². The summed E-state index contributed by atoms with van der Waals surface area (Å²) in [6, 6.07) is 4.21. The van der Waals surface area contributed by atoms with Crippen molar-refractivity contribution >= 4 is 53.3 Å². The van der Waals surface area contributed by atoms with Crippen LogP contribution in [0, 0.1) is 27.2 Å². The second-order valence-electron chi connectivity index (χ2n) is 12.8. The third-order valence-corrected chi connectivity index (χ3v) is 10.1. The molecule has 2 N–H and O–H groups in total. The average molecular weight is 791 g/mol. The molecule has 5 rings (SSSR count). The number of phenols is 1. The number of benzene rings is 2. The van der Waals surface area contributed by atoms with Crippen LogP contribution in [0.25, 0.3) is 6.08 Å². The van der Waals surface area contributed by atoms with E-state index in [2.05, 4.69) is 0 Å². The third-order valence-electron chi connectivity index (χ3n) is 9.26. The van der Waals surface area contributed by atoms with E-state index < -0.39 is 72.0 Å². The third kappa shape index (κ3) is 7.00. The number of carbonyl (C=O) groups excluding carboxylic acids is 2. The SMILES string of the molecule is COc1cc(/C=C(\C)CC[C@H]2OB(O)C[C@H]3C2=C(C(C)C)C[C@H]2C(=O)N(c4cc(C(F)(F)F)cc(C(F)(F)F)c4)C(=O)[C@H]23)cc(I)c1O. The predicted molar refractivity (Wildman–Crippen MR) is 174 cm³/mol. The van der Waals surface area contributed by atoms with E-state index >= 15 is 0 Å². The Morgan fingerprint density at radius 1 is 1.06 bits per heavy atom. The summed E-state index contributed by atoms with van der Waals surface area (Å²) in [7, 11) is 0.134. The van der Waals surface area contributed by atoms with Crippen molar-refractivity contribution in [3.05, 3.63) is 67.3 Å². The molecule has 2 saturated heterocycles. The highest BCUT2D eigenvalue weighted by atomic mass is 127. The van der Waals surface area contributed by atoms with Crippen molar-refractivity contribution in [1.29, 1.82) is 0 Å². The quantitative estimate of drug-likeness (QED) is 0.0975. The van der Waals surface area contributed by atoms with Gasteiger partial charge in [-0.05, 0) is 108 Å². The lowest BCUT2D eigenvalue weighted by molar-refractivity contribution is -0.143. The Hall–Kier alpha value is -3.05. The van der Waals surface area contributed by atoms with Gasteiger partial charge in [-0.2, -0.15) is 26.3 Å². The topological polar surface area (TPSA) is 96.3 Å². The Morgan fingerprint density at radius 2 is 1.69 bits per heavy atom. The first-order valence-electron chi connectivity index (χ1n) is 15.3. The molecule has 48 heavy (non-hydrogen) atoms. The van der Waals surface area contributed by atoms with Gasteiger partial charge in [-0.15, -0.1) is 0 Å². The molecule has 2 aromatic rings. The minimum absolute atomic E-state index is 0.0275. The zero-order valence-electron chi connectivity index (χ0n) is 26.4. The van der Waals surface area contributed by atoms with E-state index in [1.807, 2.05) is 49.4 Å². The van der Waals surface area contributed by atoms with Gasteiger partial charge >= 0.3 is 19.5 Å². The molecule has 258 valence electrons. The van der Waals surface area contributed by atoms with Crippen molar-refractivity contribution < 1.29 is 55.5 Å². The second kappa shape index (κ2) is 13.3. The fraction of sp³-hybridized carbons (Fsp3) is 0.455. The molecule has 2 amide bonds. The highest BCUT2D eigenvalue weighted by Gasteiger charge is 2.58. The Balaban J connectivity index is 1.48. The molecule has 0 unspecified atom stereocenters. The molecule has 2 aromatic carbocycles. The van der Waals surface area contributed by atoms with Crippen molar-refractivity contribution in [3.63, 3.8) is 0 Å². The number of carbonyl (C=O) groups is 2. The number of ether oxygens (including phenoxy) is 1. The molecule has 4 atom stereocenters. The minimum Gasteiger partial charge on any atom is -0.504 e. The van der Waals surface area contributed by atoms with Gasteiger partial charge in [-0.25, -0.2) is 4.90 Å². The van der Waals surface area contributed by atoms with Gasteiger partial charge in [0.15, 0.2) is 11.5 Å². The first-order chi connectivity index (χ1) is 22.3. The molecule has 2 fully saturated rings. The molecule has 2 aliphatic heterocycles. The summed E-state index contributed by atoms with van der Waals surface area (Å²) in [5.74, 6) is -4.38. The number of methoxy groups -OCH3 is 1. The largest absolute Gasteiger partial charge is 0.504 e. The lowest BCUT2D eigenvalue weighted by Crippen LogP contribution is -2.46. The molecule has 1 aliphatic carbocycles. The fourth-order valence-corrected chi connectivity index (χ4v) is 7.75. The maximum Gasteiger partial charge on any atom is 0.455 e. The molecule has 0 saturated carbocycles. The molecule has 0 bridgehead atoms. The lowest BCUT2D eigenvalue weighted by Gasteiger charge is -2.44. The average Bonchev–Trinajstić information content (AvgIpc) is 3.25. The van der Waals surface area contributed by atoms with Crippen LogP contribution < -0.4 is 9.64 Å². The summed E-state index contributed by atoms with van der Waals surface area (Å²) in [5, 5.41) is 21.0. The minimum atomic E-state index is -5.16. The first kappa shape index (κ1) is 36.2. The van der Waals surface area contributed by atoms with Crippen LogP contribution in [0.4, 0.5) is 32.0 Å². The van der Waals surface area contributed by atoms with E-state index in [1.54, 1.807) is 12.1 Å². The van der Waals surface area contributed by atoms with Crippen LogP contribution in [0.1, 0.15) is 56.7 Å². The van der Waals surface area contributed by atoms with Gasteiger partial charge in [0.25, 0.3) is 0 Å². The number of hydrogen-bond donors (Lipinski definition) is 2. The Bertz CT molecular complexity index is 1660. The van der Waals surface area contributed by atoms with Crippen LogP contribution in [-0.2, 0) is 26.6 Å². The van der Waals surface area contributed by atoms with Gasteiger partial charge in [0.05, 0.1) is 45.4 Å². The zero-order valence-corrected chi connectivity index (χ0v) is 28.5. The maximum absolute atomic E-state index is 14.0. The number of alkyl halides is 6. The number of fused-ring (bicyclic) bond motifs is 3. The molecule has 0 radical (unpaired) electrons. The van der Waals surface area contributed by atoms with E-state index in [9.17, 15) is 46.1 Å². The van der Waals surface area contributed by atoms with Crippen molar-refractivity contribution in [2.24, 2.45) is 23.7 Å². The molecule has 15 heteroatoms. The fourth-order valence-electron chi connectivity index (χ4n) is 7.12. The molecular weight excluding hydrogens is 758 g/mol. The lowest BCUT2D eigenvalue weighted by atomic mass is 9.57. The van der Waals surface area contributed by atoms with E-state index in [0.717, 1.165) is 22.3 Å². The summed E-state index contributed by atoms with van der Waals surface area (Å²) in [4.78, 5) is 28.2. The van der Waals surface area contributed by atoms with Crippen molar-refractivity contribution in [2.45, 2.75) is 64.8 Å². The number of rotatable bonds is 7. The van der Waals surface area contributed by atoms with E-state index in [-0.39, 0.29) is 30.5 Å². The van der Waals surface area contributed by atoms with Crippen molar-refractivity contribution in [2.75, 3.05) is 12.0 Å². The standard InChI is InChI=1S/C33H33BF6INO6/c1-15(2)21-13-22-28(31(45)42(30(22)44)20-11-18(32(35,36)37)10-19(12-20)33(38,39)40)23-14-34(46)48-25(27(21)23)6-5-16(3)7-17-8-24(41)29(43)26(9-17)47-4/h7-12,15,22-23,25,28,43,46H,5-6,13-14H2,1-4H3/b16-7+/t22-,23+,25-,28-/m1/s1. The van der Waals surface area contributed by atoms with E-state index in [0.29, 0.717) is 39.2 Å². The zero-order chi connectivity index (χ0) is 35.5. The normalized spacial score (nSPS) is 23.6. The summed E-state index contributed by atoms with van der Waals surface area (Å²) >= 11 is 2.00. The van der Waals surface area contributed by atoms with Gasteiger partial charge in [-0.3, -0.25) is 9.59 Å². The molecule has 0 aromatic heterocycles. The Kier molecular flexibility index (Phi) is 10.1. The van der Waals surface area contributed by atoms with Gasteiger partial charge in [0.2, 0.25) is 11.8 Å². The van der Waals surface area contributed by atoms with Gasteiger partial charge < -0.3 is 19.5 Å². The summed E-state index contributed by atoms with van der Waals surface area (Å²) in [5.41, 5.74) is -0.768. The molecule has 2 heterocycles. The van der Waals surface area contributed by atoms with Crippen LogP contribution >= 0.6 is 22.6 Å². The molecule has 0 spiro atoms. The number of amides is 2. The van der Waals surface area contributed by atoms with Crippen LogP contribution in [0.15, 0.2) is 47.1 Å². The van der Waals surface area contributed by atoms with Crippen molar-refractivity contribution in [1.82, 2.24) is 0 Å². The van der Waals surface area contributed by atoms with E-state index in [4.69, 9.17) is 9.39 Å². The monoisotopic (exact) mass is 791 g/mol. The number of anilines is 1.